The molecule has 3 aliphatic heterocycles. The fourth-order valence-electron chi connectivity index (χ4n) is 5.45. The summed E-state index contributed by atoms with van der Waals surface area (Å²) in [6.07, 6.45) is 6.86. The van der Waals surface area contributed by atoms with Crippen LogP contribution in [0, 0.1) is 11.8 Å². The van der Waals surface area contributed by atoms with Crippen molar-refractivity contribution in [2.45, 2.75) is 44.7 Å². The average molecular weight is 358 g/mol. The average Bonchev–Trinajstić information content (AvgIpc) is 3.06. The van der Waals surface area contributed by atoms with E-state index < -0.39 is 0 Å². The predicted molar refractivity (Wildman–Crippen MR) is 99.7 cm³/mol. The van der Waals surface area contributed by atoms with Gasteiger partial charge in [0, 0.05) is 51.9 Å². The van der Waals surface area contributed by atoms with Gasteiger partial charge in [0.05, 0.1) is 0 Å². The lowest BCUT2D eigenvalue weighted by Crippen LogP contribution is -2.66. The van der Waals surface area contributed by atoms with Crippen molar-refractivity contribution in [2.75, 3.05) is 26.2 Å². The highest BCUT2D eigenvalue weighted by atomic mass is 16.2. The van der Waals surface area contributed by atoms with E-state index in [0.29, 0.717) is 30.5 Å². The van der Waals surface area contributed by atoms with Gasteiger partial charge in [-0.3, -0.25) is 14.5 Å². The molecule has 0 aliphatic carbocycles. The van der Waals surface area contributed by atoms with Gasteiger partial charge in [0.1, 0.15) is 5.69 Å². The fourth-order valence-corrected chi connectivity index (χ4v) is 5.45. The van der Waals surface area contributed by atoms with Gasteiger partial charge in [0.15, 0.2) is 0 Å². The minimum atomic E-state index is 0.0354. The molecule has 2 bridgehead atoms. The summed E-state index contributed by atoms with van der Waals surface area (Å²) in [4.78, 5) is 29.3. The number of amides is 2. The molecule has 4 rings (SSSR count). The Morgan fingerprint density at radius 3 is 2.77 bits per heavy atom. The van der Waals surface area contributed by atoms with Gasteiger partial charge < -0.3 is 14.8 Å². The minimum absolute atomic E-state index is 0.0354. The second kappa shape index (κ2) is 7.06. The van der Waals surface area contributed by atoms with E-state index in [0.717, 1.165) is 25.3 Å². The lowest BCUT2D eigenvalue weighted by atomic mass is 9.72. The molecule has 3 fully saturated rings. The van der Waals surface area contributed by atoms with Crippen LogP contribution in [-0.4, -0.2) is 64.4 Å². The van der Waals surface area contributed by atoms with Crippen molar-refractivity contribution in [1.82, 2.24) is 19.7 Å². The molecular formula is C20H30N4O2. The van der Waals surface area contributed by atoms with Crippen molar-refractivity contribution in [3.05, 3.63) is 24.0 Å². The van der Waals surface area contributed by atoms with E-state index in [1.54, 1.807) is 6.92 Å². The number of hydrogen-bond donors (Lipinski definition) is 1. The lowest BCUT2D eigenvalue weighted by Gasteiger charge is -2.56. The van der Waals surface area contributed by atoms with Gasteiger partial charge in [-0.1, -0.05) is 6.42 Å². The van der Waals surface area contributed by atoms with Crippen LogP contribution in [0.15, 0.2) is 18.3 Å². The second-order valence-electron chi connectivity index (χ2n) is 8.28. The Bertz CT molecular complexity index is 685. The van der Waals surface area contributed by atoms with Gasteiger partial charge in [0.2, 0.25) is 5.91 Å². The molecule has 1 N–H and O–H groups in total. The van der Waals surface area contributed by atoms with E-state index in [1.807, 2.05) is 29.9 Å². The number of aromatic nitrogens is 1. The lowest BCUT2D eigenvalue weighted by molar-refractivity contribution is -0.120. The van der Waals surface area contributed by atoms with Crippen molar-refractivity contribution in [3.8, 4) is 0 Å². The van der Waals surface area contributed by atoms with Crippen molar-refractivity contribution in [2.24, 2.45) is 18.9 Å². The first-order valence-electron chi connectivity index (χ1n) is 9.95. The topological polar surface area (TPSA) is 57.6 Å². The van der Waals surface area contributed by atoms with Crippen LogP contribution in [-0.2, 0) is 11.8 Å². The van der Waals surface area contributed by atoms with Crippen LogP contribution in [0.1, 0.15) is 43.1 Å². The van der Waals surface area contributed by atoms with E-state index in [9.17, 15) is 9.59 Å². The number of fused-ring (bicyclic) bond motifs is 4. The summed E-state index contributed by atoms with van der Waals surface area (Å²) >= 11 is 0. The van der Waals surface area contributed by atoms with E-state index >= 15 is 0 Å². The zero-order valence-electron chi connectivity index (χ0n) is 15.9. The third-order valence-corrected chi connectivity index (χ3v) is 6.63. The van der Waals surface area contributed by atoms with Crippen LogP contribution in [0.3, 0.4) is 0 Å². The molecular weight excluding hydrogens is 328 g/mol. The SMILES string of the molecule is CC(=O)NC[C@H]1[C@H]2C[C@H](CN(C(=O)c3cccn3C)C2)[C@@H]2CCCCN21. The van der Waals surface area contributed by atoms with Crippen molar-refractivity contribution < 1.29 is 9.59 Å². The summed E-state index contributed by atoms with van der Waals surface area (Å²) in [6.45, 7) is 5.09. The van der Waals surface area contributed by atoms with Crippen LogP contribution in [0.4, 0.5) is 0 Å². The number of carbonyl (C=O) groups excluding carboxylic acids is 2. The van der Waals surface area contributed by atoms with Gasteiger partial charge >= 0.3 is 0 Å². The van der Waals surface area contributed by atoms with E-state index in [-0.39, 0.29) is 11.8 Å². The van der Waals surface area contributed by atoms with Crippen LogP contribution >= 0.6 is 0 Å². The largest absolute Gasteiger partial charge is 0.355 e. The number of aryl methyl sites for hydroxylation is 1. The quantitative estimate of drug-likeness (QED) is 0.890. The summed E-state index contributed by atoms with van der Waals surface area (Å²) in [7, 11) is 1.93. The fraction of sp³-hybridized carbons (Fsp3) is 0.700. The normalized spacial score (nSPS) is 31.4. The first-order chi connectivity index (χ1) is 12.5. The van der Waals surface area contributed by atoms with Gasteiger partial charge in [-0.25, -0.2) is 0 Å². The maximum absolute atomic E-state index is 13.1. The molecule has 6 heteroatoms. The molecule has 3 saturated heterocycles. The number of rotatable bonds is 3. The highest BCUT2D eigenvalue weighted by Crippen LogP contribution is 2.41. The highest BCUT2D eigenvalue weighted by molar-refractivity contribution is 5.92. The maximum Gasteiger partial charge on any atom is 0.270 e. The van der Waals surface area contributed by atoms with Crippen LogP contribution in [0.2, 0.25) is 0 Å². The monoisotopic (exact) mass is 358 g/mol. The van der Waals surface area contributed by atoms with Crippen molar-refractivity contribution in [1.29, 1.82) is 0 Å². The number of likely N-dealkylation sites (tertiary alicyclic amines) is 1. The molecule has 1 aromatic heterocycles. The molecule has 0 radical (unpaired) electrons. The molecule has 26 heavy (non-hydrogen) atoms. The Labute approximate surface area is 155 Å². The first kappa shape index (κ1) is 17.6. The standard InChI is InChI=1S/C20H30N4O2/c1-14(25)21-11-19-16-10-15(17-6-3-4-9-24(17)19)12-23(13-16)20(26)18-7-5-8-22(18)2/h5,7-8,15-17,19H,3-4,6,9-13H2,1-2H3,(H,21,25)/t15-,16+,17+,19+/m1/s1. The Morgan fingerprint density at radius 2 is 2.04 bits per heavy atom. The summed E-state index contributed by atoms with van der Waals surface area (Å²) in [6, 6.07) is 4.75. The zero-order valence-corrected chi connectivity index (χ0v) is 15.9. The van der Waals surface area contributed by atoms with Crippen molar-refractivity contribution >= 4 is 11.8 Å². The molecule has 0 unspecified atom stereocenters. The zero-order chi connectivity index (χ0) is 18.3. The molecule has 0 saturated carbocycles. The van der Waals surface area contributed by atoms with E-state index in [4.69, 9.17) is 0 Å². The minimum Gasteiger partial charge on any atom is -0.355 e. The molecule has 4 atom stereocenters. The molecule has 2 amide bonds. The molecule has 0 spiro atoms. The number of nitrogens with one attached hydrogen (secondary N) is 1. The van der Waals surface area contributed by atoms with Gasteiger partial charge in [-0.05, 0) is 49.8 Å². The van der Waals surface area contributed by atoms with Gasteiger partial charge in [0.25, 0.3) is 5.91 Å². The predicted octanol–water partition coefficient (Wildman–Crippen LogP) is 1.48. The molecule has 3 aliphatic rings. The Kier molecular flexibility index (Phi) is 4.78. The second-order valence-corrected chi connectivity index (χ2v) is 8.28. The molecule has 142 valence electrons. The summed E-state index contributed by atoms with van der Waals surface area (Å²) < 4.78 is 1.91. The third-order valence-electron chi connectivity index (χ3n) is 6.63. The first-order valence-corrected chi connectivity index (χ1v) is 9.95. The third kappa shape index (κ3) is 3.15. The van der Waals surface area contributed by atoms with E-state index in [2.05, 4.69) is 15.1 Å². The molecule has 4 heterocycles. The van der Waals surface area contributed by atoms with Crippen molar-refractivity contribution in [3.63, 3.8) is 0 Å². The highest BCUT2D eigenvalue weighted by Gasteiger charge is 2.48. The summed E-state index contributed by atoms with van der Waals surface area (Å²) in [5, 5.41) is 3.04. The van der Waals surface area contributed by atoms with Gasteiger partial charge in [-0.15, -0.1) is 0 Å². The Hall–Kier alpha value is -1.82. The number of nitrogens with zero attached hydrogens (tertiary/aromatic N) is 3. The van der Waals surface area contributed by atoms with Crippen LogP contribution in [0.25, 0.3) is 0 Å². The summed E-state index contributed by atoms with van der Waals surface area (Å²) in [5.41, 5.74) is 0.767. The smallest absolute Gasteiger partial charge is 0.270 e. The number of piperidine rings is 3. The maximum atomic E-state index is 13.1. The number of hydrogen-bond acceptors (Lipinski definition) is 3. The van der Waals surface area contributed by atoms with Crippen LogP contribution in [0.5, 0.6) is 0 Å². The molecule has 1 aromatic rings. The Balaban J connectivity index is 1.56. The van der Waals surface area contributed by atoms with Crippen LogP contribution < -0.4 is 5.32 Å². The molecule has 6 nitrogen and oxygen atoms in total. The number of carbonyl (C=O) groups is 2. The molecule has 0 aromatic carbocycles. The van der Waals surface area contributed by atoms with E-state index in [1.165, 1.54) is 25.7 Å². The summed E-state index contributed by atoms with van der Waals surface area (Å²) in [5.74, 6) is 1.19. The van der Waals surface area contributed by atoms with Gasteiger partial charge in [-0.2, -0.15) is 0 Å². The Morgan fingerprint density at radius 1 is 1.23 bits per heavy atom.